The molecule has 0 unspecified atom stereocenters. The highest BCUT2D eigenvalue weighted by Crippen LogP contribution is 2.47. The molecule has 4 aromatic rings. The Morgan fingerprint density at radius 2 is 1.61 bits per heavy atom. The summed E-state index contributed by atoms with van der Waals surface area (Å²) in [5.41, 5.74) is 1.62. The highest BCUT2D eigenvalue weighted by atomic mass is 35.5. The molecule has 2 N–H and O–H groups in total. The first kappa shape index (κ1) is 29.2. The van der Waals surface area contributed by atoms with Crippen LogP contribution in [0.4, 0.5) is 0 Å². The van der Waals surface area contributed by atoms with Gasteiger partial charge in [-0.15, -0.1) is 23.7 Å². The van der Waals surface area contributed by atoms with Crippen molar-refractivity contribution in [3.05, 3.63) is 72.3 Å². The number of aromatic hydroxyl groups is 1. The molecule has 6 nitrogen and oxygen atoms in total. The van der Waals surface area contributed by atoms with E-state index in [2.05, 4.69) is 10.2 Å². The molecule has 3 aromatic carbocycles. The Kier molecular flexibility index (Phi) is 9.70. The average molecular weight is 593 g/mol. The second-order valence-corrected chi connectivity index (χ2v) is 11.8. The maximum absolute atomic E-state index is 12.7. The molecule has 41 heavy (non-hydrogen) atoms. The Morgan fingerprint density at radius 1 is 0.902 bits per heavy atom. The van der Waals surface area contributed by atoms with Gasteiger partial charge in [-0.3, -0.25) is 9.69 Å². The van der Waals surface area contributed by atoms with Crippen molar-refractivity contribution < 1.29 is 19.4 Å². The van der Waals surface area contributed by atoms with E-state index in [0.717, 1.165) is 51.4 Å². The molecule has 1 aromatic heterocycles. The zero-order valence-electron chi connectivity index (χ0n) is 23.1. The molecule has 2 aliphatic rings. The Bertz CT molecular complexity index is 1440. The maximum atomic E-state index is 12.7. The van der Waals surface area contributed by atoms with E-state index >= 15 is 0 Å². The van der Waals surface area contributed by atoms with Gasteiger partial charge in [-0.05, 0) is 98.9 Å². The van der Waals surface area contributed by atoms with Crippen LogP contribution in [0.25, 0.3) is 20.5 Å². The molecule has 0 bridgehead atoms. The molecule has 0 radical (unpaired) electrons. The molecular weight excluding hydrogens is 556 g/mol. The summed E-state index contributed by atoms with van der Waals surface area (Å²) >= 11 is 1.56. The van der Waals surface area contributed by atoms with Crippen molar-refractivity contribution in [3.8, 4) is 33.4 Å². The van der Waals surface area contributed by atoms with E-state index in [0.29, 0.717) is 17.9 Å². The van der Waals surface area contributed by atoms with Crippen LogP contribution in [0.3, 0.4) is 0 Å². The first-order chi connectivity index (χ1) is 19.6. The van der Waals surface area contributed by atoms with Gasteiger partial charge in [0.05, 0.1) is 4.88 Å². The molecule has 1 aliphatic heterocycles. The topological polar surface area (TPSA) is 71.0 Å². The monoisotopic (exact) mass is 592 g/mol. The number of thiophene rings is 1. The summed E-state index contributed by atoms with van der Waals surface area (Å²) in [6, 6.07) is 21.1. The fourth-order valence-electron chi connectivity index (χ4n) is 5.66. The minimum atomic E-state index is -0.0191. The number of hydrogen-bond acceptors (Lipinski definition) is 6. The lowest BCUT2D eigenvalue weighted by Crippen LogP contribution is -2.33. The number of nitrogens with zero attached hydrogens (tertiary/aromatic N) is 1. The van der Waals surface area contributed by atoms with Gasteiger partial charge in [-0.25, -0.2) is 0 Å². The average Bonchev–Trinajstić information content (AvgIpc) is 3.62. The predicted molar refractivity (Wildman–Crippen MR) is 168 cm³/mol. The van der Waals surface area contributed by atoms with E-state index in [1.165, 1.54) is 45.2 Å². The van der Waals surface area contributed by atoms with Gasteiger partial charge in [0.25, 0.3) is 5.91 Å². The van der Waals surface area contributed by atoms with Gasteiger partial charge in [0.15, 0.2) is 5.75 Å². The zero-order valence-corrected chi connectivity index (χ0v) is 24.8. The summed E-state index contributed by atoms with van der Waals surface area (Å²) in [7, 11) is 0. The lowest BCUT2D eigenvalue weighted by Gasteiger charge is -2.26. The third-order valence-corrected chi connectivity index (χ3v) is 9.08. The third-order valence-electron chi connectivity index (χ3n) is 7.90. The van der Waals surface area contributed by atoms with Crippen molar-refractivity contribution in [1.82, 2.24) is 10.2 Å². The molecule has 2 fully saturated rings. The normalized spacial score (nSPS) is 15.9. The maximum Gasteiger partial charge on any atom is 0.251 e. The van der Waals surface area contributed by atoms with Crippen molar-refractivity contribution in [3.63, 3.8) is 0 Å². The first-order valence-electron chi connectivity index (χ1n) is 14.4. The van der Waals surface area contributed by atoms with Crippen LogP contribution in [0.5, 0.6) is 23.0 Å². The fraction of sp³-hybridized carbons (Fsp3) is 0.364. The molecule has 1 saturated heterocycles. The number of piperidine rings is 1. The highest BCUT2D eigenvalue weighted by molar-refractivity contribution is 7.22. The molecule has 1 saturated carbocycles. The van der Waals surface area contributed by atoms with Gasteiger partial charge in [0, 0.05) is 28.2 Å². The largest absolute Gasteiger partial charge is 0.508 e. The van der Waals surface area contributed by atoms with Crippen LogP contribution < -0.4 is 14.8 Å². The fourth-order valence-corrected chi connectivity index (χ4v) is 6.83. The Hall–Kier alpha value is -3.26. The van der Waals surface area contributed by atoms with E-state index < -0.39 is 0 Å². The number of fused-ring (bicyclic) bond motifs is 1. The van der Waals surface area contributed by atoms with Crippen LogP contribution >= 0.6 is 23.7 Å². The van der Waals surface area contributed by atoms with Crippen molar-refractivity contribution in [2.75, 3.05) is 26.2 Å². The van der Waals surface area contributed by atoms with Gasteiger partial charge >= 0.3 is 0 Å². The summed E-state index contributed by atoms with van der Waals surface area (Å²) in [6.45, 7) is 3.97. The van der Waals surface area contributed by atoms with Crippen LogP contribution in [0.1, 0.15) is 55.3 Å². The molecule has 1 aliphatic carbocycles. The van der Waals surface area contributed by atoms with Crippen LogP contribution in [-0.4, -0.2) is 48.2 Å². The summed E-state index contributed by atoms with van der Waals surface area (Å²) in [5.74, 6) is 2.48. The van der Waals surface area contributed by atoms with E-state index in [1.54, 1.807) is 23.5 Å². The van der Waals surface area contributed by atoms with Crippen LogP contribution in [0.2, 0.25) is 0 Å². The van der Waals surface area contributed by atoms with Crippen molar-refractivity contribution in [2.24, 2.45) is 0 Å². The van der Waals surface area contributed by atoms with Gasteiger partial charge in [-0.2, -0.15) is 0 Å². The van der Waals surface area contributed by atoms with Gasteiger partial charge in [0.1, 0.15) is 23.9 Å². The van der Waals surface area contributed by atoms with Crippen molar-refractivity contribution in [2.45, 2.75) is 51.0 Å². The lowest BCUT2D eigenvalue weighted by atomic mass is 10.1. The summed E-state index contributed by atoms with van der Waals surface area (Å²) in [6.07, 6.45) is 8.39. The number of rotatable bonds is 9. The molecule has 216 valence electrons. The number of phenols is 1. The molecule has 6 rings (SSSR count). The number of nitrogens with one attached hydrogen (secondary N) is 1. The standard InChI is InChI=1S/C33H36N2O4S.ClH/c36-26-12-17-29-30(22-26)40-32(23-8-10-24(11-9-23)33(37)34-25-6-2-3-7-25)31(29)39-28-15-13-27(14-16-28)38-21-20-35-18-4-1-5-19-35;/h8-17,22,25,36H,1-7,18-21H2,(H,34,37);1H. The van der Waals surface area contributed by atoms with Gasteiger partial charge < -0.3 is 19.9 Å². The summed E-state index contributed by atoms with van der Waals surface area (Å²) < 4.78 is 13.4. The molecular formula is C33H37ClN2O4S. The van der Waals surface area contributed by atoms with E-state index in [9.17, 15) is 9.90 Å². The summed E-state index contributed by atoms with van der Waals surface area (Å²) in [4.78, 5) is 16.2. The smallest absolute Gasteiger partial charge is 0.251 e. The van der Waals surface area contributed by atoms with Crippen molar-refractivity contribution in [1.29, 1.82) is 0 Å². The van der Waals surface area contributed by atoms with Crippen LogP contribution in [-0.2, 0) is 0 Å². The molecule has 8 heteroatoms. The number of benzene rings is 3. The zero-order chi connectivity index (χ0) is 27.3. The number of halogens is 1. The Balaban J connectivity index is 0.00000337. The van der Waals surface area contributed by atoms with Crippen LogP contribution in [0, 0.1) is 0 Å². The molecule has 1 amide bonds. The molecule has 0 spiro atoms. The number of phenolic OH excluding ortho intramolecular Hbond substituents is 1. The predicted octanol–water partition coefficient (Wildman–Crippen LogP) is 8.03. The number of ether oxygens (including phenoxy) is 2. The van der Waals surface area contributed by atoms with E-state index in [1.807, 2.05) is 54.6 Å². The highest BCUT2D eigenvalue weighted by Gasteiger charge is 2.20. The van der Waals surface area contributed by atoms with Crippen LogP contribution in [0.15, 0.2) is 66.7 Å². The van der Waals surface area contributed by atoms with E-state index in [4.69, 9.17) is 9.47 Å². The summed E-state index contributed by atoms with van der Waals surface area (Å²) in [5, 5.41) is 14.2. The molecule has 0 atom stereocenters. The number of likely N-dealkylation sites (tertiary alicyclic amines) is 1. The number of carbonyl (C=O) groups is 1. The van der Waals surface area contributed by atoms with Gasteiger partial charge in [-0.1, -0.05) is 31.4 Å². The van der Waals surface area contributed by atoms with Crippen molar-refractivity contribution >= 4 is 39.7 Å². The molecule has 2 heterocycles. The lowest BCUT2D eigenvalue weighted by molar-refractivity contribution is 0.0938. The quantitative estimate of drug-likeness (QED) is 0.206. The number of amides is 1. The van der Waals surface area contributed by atoms with E-state index in [-0.39, 0.29) is 30.1 Å². The second kappa shape index (κ2) is 13.6. The minimum Gasteiger partial charge on any atom is -0.508 e. The second-order valence-electron chi connectivity index (χ2n) is 10.8. The Labute approximate surface area is 251 Å². The minimum absolute atomic E-state index is 0. The van der Waals surface area contributed by atoms with Gasteiger partial charge in [0.2, 0.25) is 0 Å². The number of hydrogen-bond donors (Lipinski definition) is 2. The third kappa shape index (κ3) is 7.15. The number of carbonyl (C=O) groups excluding carboxylic acids is 1. The Morgan fingerprint density at radius 3 is 2.34 bits per heavy atom. The first-order valence-corrected chi connectivity index (χ1v) is 15.2. The SMILES string of the molecule is Cl.O=C(NC1CCCC1)c1ccc(-c2sc3cc(O)ccc3c2Oc2ccc(OCCN3CCCCC3)cc2)cc1.